The average molecular weight is 484 g/mol. The number of urea groups is 1. The predicted octanol–water partition coefficient (Wildman–Crippen LogP) is 6.92. The minimum absolute atomic E-state index is 0.0151. The van der Waals surface area contributed by atoms with Gasteiger partial charge in [-0.1, -0.05) is 26.0 Å². The highest BCUT2D eigenvalue weighted by Crippen LogP contribution is 2.44. The molecule has 0 fully saturated rings. The molecule has 0 saturated carbocycles. The molecule has 0 bridgehead atoms. The Balaban J connectivity index is 1.61. The van der Waals surface area contributed by atoms with E-state index in [1.54, 1.807) is 0 Å². The summed E-state index contributed by atoms with van der Waals surface area (Å²) >= 11 is 5.49. The Bertz CT molecular complexity index is 1100. The van der Waals surface area contributed by atoms with Crippen LogP contribution < -0.4 is 5.32 Å². The van der Waals surface area contributed by atoms with Gasteiger partial charge in [0, 0.05) is 26.8 Å². The van der Waals surface area contributed by atoms with Crippen LogP contribution in [0.4, 0.5) is 10.5 Å². The number of hydrogen-bond acceptors (Lipinski definition) is 2. The number of nitrogens with one attached hydrogen (secondary N) is 1. The first kappa shape index (κ1) is 19.9. The number of carbonyl (C=O) groups excluding carboxylic acids is 1. The Morgan fingerprint density at radius 3 is 2.73 bits per heavy atom. The number of rotatable bonds is 2. The molecule has 2 aromatic heterocycles. The minimum atomic E-state index is -0.0445. The van der Waals surface area contributed by atoms with E-state index in [2.05, 4.69) is 58.0 Å². The molecule has 2 amide bonds. The lowest BCUT2D eigenvalue weighted by molar-refractivity contribution is 0.161. The summed E-state index contributed by atoms with van der Waals surface area (Å²) in [4.78, 5) is 17.2. The second-order valence-corrected chi connectivity index (χ2v) is 10.5. The van der Waals surface area contributed by atoms with Crippen LogP contribution in [0.1, 0.15) is 54.4 Å². The zero-order valence-corrected chi connectivity index (χ0v) is 19.7. The summed E-state index contributed by atoms with van der Waals surface area (Å²) in [7, 11) is 0. The van der Waals surface area contributed by atoms with Crippen molar-refractivity contribution >= 4 is 39.0 Å². The van der Waals surface area contributed by atoms with E-state index in [9.17, 15) is 4.79 Å². The fourth-order valence-electron chi connectivity index (χ4n) is 4.87. The first-order valence-electron chi connectivity index (χ1n) is 10.7. The molecule has 4 nitrogen and oxygen atoms in total. The molecule has 0 saturated heterocycles. The minimum Gasteiger partial charge on any atom is -0.311 e. The molecule has 6 heteroatoms. The van der Waals surface area contributed by atoms with E-state index in [4.69, 9.17) is 0 Å². The highest BCUT2D eigenvalue weighted by molar-refractivity contribution is 9.10. The van der Waals surface area contributed by atoms with Crippen LogP contribution in [0.25, 0.3) is 5.00 Å². The van der Waals surface area contributed by atoms with E-state index in [1.807, 2.05) is 40.5 Å². The van der Waals surface area contributed by atoms with Gasteiger partial charge in [-0.3, -0.25) is 0 Å². The quantitative estimate of drug-likeness (QED) is 0.421. The largest absolute Gasteiger partial charge is 0.322 e. The van der Waals surface area contributed by atoms with Gasteiger partial charge in [-0.15, -0.1) is 11.3 Å². The number of nitrogens with zero attached hydrogens (tertiary/aromatic N) is 2. The standard InChI is InChI=1S/C24H26BrN3OS/c1-15(2)22-20-11-7-13-27(20)23-17(16-8-3-6-12-21(16)30-23)14-28(22)24(29)26-19-10-5-4-9-18(19)25/h4-5,7,9-11,13,15,22H,3,6,8,12,14H2,1-2H3,(H,26,29)/t22-/m0/s1. The molecule has 1 atom stereocenters. The van der Waals surface area contributed by atoms with Crippen LogP contribution >= 0.6 is 27.3 Å². The molecular formula is C24H26BrN3OS. The lowest BCUT2D eigenvalue weighted by Crippen LogP contribution is -2.39. The van der Waals surface area contributed by atoms with Crippen molar-refractivity contribution in [1.29, 1.82) is 0 Å². The molecular weight excluding hydrogens is 458 g/mol. The van der Waals surface area contributed by atoms with Crippen LogP contribution in [0.2, 0.25) is 0 Å². The number of fused-ring (bicyclic) bond motifs is 5. The predicted molar refractivity (Wildman–Crippen MR) is 127 cm³/mol. The summed E-state index contributed by atoms with van der Waals surface area (Å²) in [5, 5.41) is 4.46. The molecule has 1 aliphatic carbocycles. The molecule has 30 heavy (non-hydrogen) atoms. The van der Waals surface area contributed by atoms with Crippen molar-refractivity contribution in [3.8, 4) is 5.00 Å². The van der Waals surface area contributed by atoms with Crippen LogP contribution in [-0.4, -0.2) is 15.5 Å². The van der Waals surface area contributed by atoms with E-state index in [0.29, 0.717) is 12.5 Å². The average Bonchev–Trinajstić information content (AvgIpc) is 3.31. The van der Waals surface area contributed by atoms with E-state index in [0.717, 1.165) is 16.6 Å². The normalized spacial score (nSPS) is 17.9. The molecule has 0 radical (unpaired) electrons. The number of amides is 2. The molecule has 2 aliphatic rings. The van der Waals surface area contributed by atoms with Gasteiger partial charge < -0.3 is 14.8 Å². The number of aromatic nitrogens is 1. The van der Waals surface area contributed by atoms with Crippen LogP contribution in [0.3, 0.4) is 0 Å². The maximum absolute atomic E-state index is 13.6. The Morgan fingerprint density at radius 2 is 1.93 bits per heavy atom. The number of aryl methyl sites for hydroxylation is 1. The summed E-state index contributed by atoms with van der Waals surface area (Å²) in [5.41, 5.74) is 4.84. The van der Waals surface area contributed by atoms with Crippen molar-refractivity contribution in [2.45, 2.75) is 52.1 Å². The number of benzene rings is 1. The Labute approximate surface area is 190 Å². The summed E-state index contributed by atoms with van der Waals surface area (Å²) < 4.78 is 3.24. The van der Waals surface area contributed by atoms with Crippen molar-refractivity contribution in [3.63, 3.8) is 0 Å². The Morgan fingerprint density at radius 1 is 1.13 bits per heavy atom. The molecule has 3 heterocycles. The highest BCUT2D eigenvalue weighted by Gasteiger charge is 2.36. The SMILES string of the molecule is CC(C)[C@H]1c2cccn2-c2sc3c(c2CN1C(=O)Nc1ccccc1Br)CCCC3. The van der Waals surface area contributed by atoms with Crippen molar-refractivity contribution in [2.75, 3.05) is 5.32 Å². The van der Waals surface area contributed by atoms with Crippen molar-refractivity contribution in [2.24, 2.45) is 5.92 Å². The molecule has 1 aromatic carbocycles. The van der Waals surface area contributed by atoms with Crippen molar-refractivity contribution in [3.05, 3.63) is 68.8 Å². The number of carbonyl (C=O) groups is 1. The van der Waals surface area contributed by atoms with Gasteiger partial charge in [0.05, 0.1) is 18.3 Å². The zero-order chi connectivity index (χ0) is 20.8. The molecule has 1 N–H and O–H groups in total. The van der Waals surface area contributed by atoms with Gasteiger partial charge >= 0.3 is 6.03 Å². The maximum Gasteiger partial charge on any atom is 0.322 e. The lowest BCUT2D eigenvalue weighted by atomic mass is 9.94. The van der Waals surface area contributed by atoms with Gasteiger partial charge in [0.2, 0.25) is 0 Å². The lowest BCUT2D eigenvalue weighted by Gasteiger charge is -2.33. The van der Waals surface area contributed by atoms with Crippen LogP contribution in [-0.2, 0) is 19.4 Å². The van der Waals surface area contributed by atoms with Crippen LogP contribution in [0.15, 0.2) is 47.1 Å². The first-order chi connectivity index (χ1) is 14.5. The molecule has 1 aliphatic heterocycles. The molecule has 156 valence electrons. The third kappa shape index (κ3) is 3.30. The number of thiophene rings is 1. The fourth-order valence-corrected chi connectivity index (χ4v) is 6.66. The third-order valence-electron chi connectivity index (χ3n) is 6.23. The van der Waals surface area contributed by atoms with Gasteiger partial charge in [0.25, 0.3) is 0 Å². The number of para-hydroxylation sites is 1. The van der Waals surface area contributed by atoms with E-state index >= 15 is 0 Å². The van der Waals surface area contributed by atoms with Gasteiger partial charge in [-0.05, 0) is 77.4 Å². The monoisotopic (exact) mass is 483 g/mol. The molecule has 3 aromatic rings. The van der Waals surface area contributed by atoms with Crippen LogP contribution in [0.5, 0.6) is 0 Å². The highest BCUT2D eigenvalue weighted by atomic mass is 79.9. The zero-order valence-electron chi connectivity index (χ0n) is 17.3. The number of halogens is 1. The summed E-state index contributed by atoms with van der Waals surface area (Å²) in [6, 6.07) is 12.1. The first-order valence-corrected chi connectivity index (χ1v) is 12.3. The van der Waals surface area contributed by atoms with Gasteiger partial charge in [-0.2, -0.15) is 0 Å². The van der Waals surface area contributed by atoms with Gasteiger partial charge in [0.1, 0.15) is 5.00 Å². The smallest absolute Gasteiger partial charge is 0.311 e. The van der Waals surface area contributed by atoms with Crippen LogP contribution in [0, 0.1) is 5.92 Å². The summed E-state index contributed by atoms with van der Waals surface area (Å²) in [6.07, 6.45) is 6.97. The van der Waals surface area contributed by atoms with Crippen molar-refractivity contribution < 1.29 is 4.79 Å². The second-order valence-electron chi connectivity index (χ2n) is 8.52. The Kier molecular flexibility index (Phi) is 5.23. The van der Waals surface area contributed by atoms with E-state index < -0.39 is 0 Å². The third-order valence-corrected chi connectivity index (χ3v) is 8.26. The summed E-state index contributed by atoms with van der Waals surface area (Å²) in [5.74, 6) is 0.299. The molecule has 0 unspecified atom stereocenters. The Hall–Kier alpha value is -2.05. The fraction of sp³-hybridized carbons (Fsp3) is 0.375. The van der Waals surface area contributed by atoms with Gasteiger partial charge in [0.15, 0.2) is 0 Å². The molecule has 0 spiro atoms. The summed E-state index contributed by atoms with van der Waals surface area (Å²) in [6.45, 7) is 5.06. The molecule has 5 rings (SSSR count). The number of anilines is 1. The number of hydrogen-bond donors (Lipinski definition) is 1. The van der Waals surface area contributed by atoms with Gasteiger partial charge in [-0.25, -0.2) is 4.79 Å². The van der Waals surface area contributed by atoms with Crippen molar-refractivity contribution in [1.82, 2.24) is 9.47 Å². The van der Waals surface area contributed by atoms with E-state index in [-0.39, 0.29) is 12.1 Å². The van der Waals surface area contributed by atoms with E-state index in [1.165, 1.54) is 46.0 Å². The topological polar surface area (TPSA) is 37.3 Å². The maximum atomic E-state index is 13.6. The second kappa shape index (κ2) is 7.89.